The van der Waals surface area contributed by atoms with Gasteiger partial charge in [0.15, 0.2) is 0 Å². The highest BCUT2D eigenvalue weighted by Gasteiger charge is 2.15. The van der Waals surface area contributed by atoms with Crippen LogP contribution in [0.3, 0.4) is 0 Å². The second-order valence-corrected chi connectivity index (χ2v) is 5.46. The van der Waals surface area contributed by atoms with E-state index in [4.69, 9.17) is 4.42 Å². The molecule has 0 saturated carbocycles. The Labute approximate surface area is 143 Å². The maximum Gasteiger partial charge on any atom is 0.349 e. The van der Waals surface area contributed by atoms with Crippen LogP contribution in [0.15, 0.2) is 57.7 Å². The Morgan fingerprint density at radius 2 is 1.84 bits per heavy atom. The number of amides is 1. The van der Waals surface area contributed by atoms with Crippen LogP contribution in [0.4, 0.5) is 5.69 Å². The van der Waals surface area contributed by atoms with Crippen LogP contribution in [-0.4, -0.2) is 19.0 Å². The number of ether oxygens (including phenoxy) is 1. The zero-order chi connectivity index (χ0) is 18.0. The normalized spacial score (nSPS) is 10.5. The van der Waals surface area contributed by atoms with E-state index in [0.717, 1.165) is 0 Å². The van der Waals surface area contributed by atoms with Crippen molar-refractivity contribution in [2.24, 2.45) is 0 Å². The minimum absolute atomic E-state index is 0.0878. The summed E-state index contributed by atoms with van der Waals surface area (Å²) in [6.45, 7) is 1.74. The molecule has 1 aromatic heterocycles. The first kappa shape index (κ1) is 16.4. The summed E-state index contributed by atoms with van der Waals surface area (Å²) in [5.41, 5.74) is 1.16. The molecule has 6 heteroatoms. The summed E-state index contributed by atoms with van der Waals surface area (Å²) in [5, 5.41) is 3.32. The van der Waals surface area contributed by atoms with E-state index >= 15 is 0 Å². The highest BCUT2D eigenvalue weighted by molar-refractivity contribution is 6.06. The SMILES string of the molecule is COC(=O)c1ccc(NC(=O)c2cc3ccccc3oc2=O)c(C)c1. The van der Waals surface area contributed by atoms with Crippen molar-refractivity contribution in [1.29, 1.82) is 0 Å². The van der Waals surface area contributed by atoms with Gasteiger partial charge in [0.1, 0.15) is 11.1 Å². The number of fused-ring (bicyclic) bond motifs is 1. The van der Waals surface area contributed by atoms with Gasteiger partial charge in [-0.15, -0.1) is 0 Å². The zero-order valence-corrected chi connectivity index (χ0v) is 13.7. The second-order valence-electron chi connectivity index (χ2n) is 5.46. The molecule has 2 aromatic carbocycles. The molecule has 25 heavy (non-hydrogen) atoms. The summed E-state index contributed by atoms with van der Waals surface area (Å²) < 4.78 is 9.83. The number of hydrogen-bond donors (Lipinski definition) is 1. The number of anilines is 1. The fraction of sp³-hybridized carbons (Fsp3) is 0.105. The summed E-state index contributed by atoms with van der Waals surface area (Å²) in [7, 11) is 1.30. The smallest absolute Gasteiger partial charge is 0.349 e. The van der Waals surface area contributed by atoms with E-state index in [1.807, 2.05) is 0 Å². The van der Waals surface area contributed by atoms with Crippen LogP contribution in [0.2, 0.25) is 0 Å². The van der Waals surface area contributed by atoms with E-state index in [1.54, 1.807) is 43.3 Å². The van der Waals surface area contributed by atoms with Crippen molar-refractivity contribution in [1.82, 2.24) is 0 Å². The maximum atomic E-state index is 12.4. The predicted molar refractivity (Wildman–Crippen MR) is 93.0 cm³/mol. The van der Waals surface area contributed by atoms with E-state index in [0.29, 0.717) is 27.8 Å². The lowest BCUT2D eigenvalue weighted by Gasteiger charge is -2.09. The number of hydrogen-bond acceptors (Lipinski definition) is 5. The van der Waals surface area contributed by atoms with Crippen LogP contribution in [0.5, 0.6) is 0 Å². The van der Waals surface area contributed by atoms with Gasteiger partial charge in [0.05, 0.1) is 12.7 Å². The lowest BCUT2D eigenvalue weighted by molar-refractivity contribution is 0.0600. The number of carbonyl (C=O) groups excluding carboxylic acids is 2. The number of esters is 1. The van der Waals surface area contributed by atoms with E-state index in [2.05, 4.69) is 10.1 Å². The lowest BCUT2D eigenvalue weighted by Crippen LogP contribution is -2.21. The summed E-state index contributed by atoms with van der Waals surface area (Å²) in [5.74, 6) is -1.04. The Hall–Kier alpha value is -3.41. The minimum atomic E-state index is -0.708. The molecular formula is C19H15NO5. The maximum absolute atomic E-state index is 12.4. The Kier molecular flexibility index (Phi) is 4.35. The Morgan fingerprint density at radius 1 is 1.08 bits per heavy atom. The molecule has 0 radical (unpaired) electrons. The molecule has 3 rings (SSSR count). The van der Waals surface area contributed by atoms with Crippen molar-refractivity contribution < 1.29 is 18.7 Å². The molecule has 0 unspecified atom stereocenters. The van der Waals surface area contributed by atoms with Crippen LogP contribution in [-0.2, 0) is 4.74 Å². The van der Waals surface area contributed by atoms with Crippen LogP contribution in [0, 0.1) is 6.92 Å². The average Bonchev–Trinajstić information content (AvgIpc) is 2.62. The van der Waals surface area contributed by atoms with Crippen LogP contribution in [0.1, 0.15) is 26.3 Å². The molecule has 1 amide bonds. The van der Waals surface area contributed by atoms with E-state index in [1.165, 1.54) is 19.2 Å². The standard InChI is InChI=1S/C19H15NO5/c1-11-9-13(18(22)24-2)7-8-15(11)20-17(21)14-10-12-5-3-4-6-16(12)25-19(14)23/h3-10H,1-2H3,(H,20,21). The van der Waals surface area contributed by atoms with Crippen molar-refractivity contribution in [2.75, 3.05) is 12.4 Å². The molecule has 0 atom stereocenters. The largest absolute Gasteiger partial charge is 0.465 e. The summed E-state index contributed by atoms with van der Waals surface area (Å²) >= 11 is 0. The number of nitrogens with one attached hydrogen (secondary N) is 1. The van der Waals surface area contributed by atoms with Crippen LogP contribution in [0.25, 0.3) is 11.0 Å². The fourth-order valence-corrected chi connectivity index (χ4v) is 2.46. The van der Waals surface area contributed by atoms with Gasteiger partial charge in [-0.25, -0.2) is 9.59 Å². The van der Waals surface area contributed by atoms with Gasteiger partial charge in [-0.1, -0.05) is 18.2 Å². The lowest BCUT2D eigenvalue weighted by atomic mass is 10.1. The van der Waals surface area contributed by atoms with Crippen molar-refractivity contribution in [2.45, 2.75) is 6.92 Å². The van der Waals surface area contributed by atoms with Gasteiger partial charge in [0.2, 0.25) is 0 Å². The number of carbonyl (C=O) groups is 2. The molecule has 0 fully saturated rings. The van der Waals surface area contributed by atoms with Crippen molar-refractivity contribution in [3.63, 3.8) is 0 Å². The first-order valence-corrected chi connectivity index (χ1v) is 7.53. The van der Waals surface area contributed by atoms with Crippen molar-refractivity contribution in [3.05, 3.63) is 75.6 Å². The summed E-state index contributed by atoms with van der Waals surface area (Å²) in [6, 6.07) is 13.2. The van der Waals surface area contributed by atoms with E-state index in [9.17, 15) is 14.4 Å². The first-order chi connectivity index (χ1) is 12.0. The molecule has 126 valence electrons. The highest BCUT2D eigenvalue weighted by atomic mass is 16.5. The molecule has 0 saturated heterocycles. The third-order valence-corrected chi connectivity index (χ3v) is 3.78. The molecule has 1 heterocycles. The quantitative estimate of drug-likeness (QED) is 0.586. The number of rotatable bonds is 3. The van der Waals surface area contributed by atoms with Gasteiger partial charge < -0.3 is 14.5 Å². The number of aryl methyl sites for hydroxylation is 1. The molecule has 0 spiro atoms. The molecule has 0 aliphatic carbocycles. The van der Waals surface area contributed by atoms with Gasteiger partial charge in [0.25, 0.3) is 5.91 Å². The van der Waals surface area contributed by atoms with Gasteiger partial charge >= 0.3 is 11.6 Å². The molecule has 6 nitrogen and oxygen atoms in total. The van der Waals surface area contributed by atoms with Gasteiger partial charge in [-0.05, 0) is 42.8 Å². The number of methoxy groups -OCH3 is 1. The molecule has 0 aliphatic heterocycles. The van der Waals surface area contributed by atoms with Gasteiger partial charge in [-0.3, -0.25) is 4.79 Å². The van der Waals surface area contributed by atoms with E-state index in [-0.39, 0.29) is 5.56 Å². The molecule has 3 aromatic rings. The van der Waals surface area contributed by atoms with Crippen molar-refractivity contribution >= 4 is 28.5 Å². The Morgan fingerprint density at radius 3 is 2.56 bits per heavy atom. The third-order valence-electron chi connectivity index (χ3n) is 3.78. The predicted octanol–water partition coefficient (Wildman–Crippen LogP) is 3.14. The van der Waals surface area contributed by atoms with Crippen molar-refractivity contribution in [3.8, 4) is 0 Å². The number of benzene rings is 2. The molecule has 0 aliphatic rings. The Balaban J connectivity index is 1.91. The summed E-state index contributed by atoms with van der Waals surface area (Å²) in [6.07, 6.45) is 0. The molecule has 0 bridgehead atoms. The van der Waals surface area contributed by atoms with E-state index < -0.39 is 17.5 Å². The average molecular weight is 337 g/mol. The van der Waals surface area contributed by atoms with Gasteiger partial charge in [0, 0.05) is 11.1 Å². The topological polar surface area (TPSA) is 85.6 Å². The minimum Gasteiger partial charge on any atom is -0.465 e. The number of para-hydroxylation sites is 1. The molecular weight excluding hydrogens is 322 g/mol. The molecule has 1 N–H and O–H groups in total. The summed E-state index contributed by atoms with van der Waals surface area (Å²) in [4.78, 5) is 36.0. The fourth-order valence-electron chi connectivity index (χ4n) is 2.46. The monoisotopic (exact) mass is 337 g/mol. The van der Waals surface area contributed by atoms with Crippen LogP contribution < -0.4 is 10.9 Å². The van der Waals surface area contributed by atoms with Crippen LogP contribution >= 0.6 is 0 Å². The first-order valence-electron chi connectivity index (χ1n) is 7.53. The highest BCUT2D eigenvalue weighted by Crippen LogP contribution is 2.19. The Bertz CT molecular complexity index is 1040. The van der Waals surface area contributed by atoms with Gasteiger partial charge in [-0.2, -0.15) is 0 Å². The third kappa shape index (κ3) is 3.28. The zero-order valence-electron chi connectivity index (χ0n) is 13.7. The second kappa shape index (κ2) is 6.60.